The molecule has 5 nitrogen and oxygen atoms in total. The van der Waals surface area contributed by atoms with Gasteiger partial charge >= 0.3 is 0 Å². The highest BCUT2D eigenvalue weighted by atomic mass is 32.1. The van der Waals surface area contributed by atoms with Gasteiger partial charge in [0.15, 0.2) is 0 Å². The molecule has 0 spiro atoms. The minimum absolute atomic E-state index is 0.153. The summed E-state index contributed by atoms with van der Waals surface area (Å²) in [6.07, 6.45) is 1.19. The number of amides is 2. The van der Waals surface area contributed by atoms with Crippen molar-refractivity contribution in [3.8, 4) is 0 Å². The van der Waals surface area contributed by atoms with Crippen molar-refractivity contribution in [2.24, 2.45) is 11.7 Å². The van der Waals surface area contributed by atoms with Gasteiger partial charge in [0.05, 0.1) is 21.1 Å². The van der Waals surface area contributed by atoms with Gasteiger partial charge in [0.1, 0.15) is 5.82 Å². The summed E-state index contributed by atoms with van der Waals surface area (Å²) >= 11 is 1.58. The number of carbonyl (C=O) groups is 2. The maximum Gasteiger partial charge on any atom is 0.222 e. The van der Waals surface area contributed by atoms with Gasteiger partial charge in [-0.1, -0.05) is 24.3 Å². The van der Waals surface area contributed by atoms with E-state index >= 15 is 0 Å². The molecule has 3 aromatic rings. The third kappa shape index (κ3) is 5.34. The first kappa shape index (κ1) is 19.0. The average molecular weight is 385 g/mol. The van der Waals surface area contributed by atoms with Crippen molar-refractivity contribution in [3.63, 3.8) is 0 Å². The van der Waals surface area contributed by atoms with E-state index in [2.05, 4.69) is 10.3 Å². The number of hydrogen-bond donors (Lipinski definition) is 2. The van der Waals surface area contributed by atoms with Crippen LogP contribution >= 0.6 is 11.3 Å². The van der Waals surface area contributed by atoms with Crippen LogP contribution in [0.4, 0.5) is 4.39 Å². The van der Waals surface area contributed by atoms with Gasteiger partial charge in [0.25, 0.3) is 0 Å². The molecule has 2 aromatic carbocycles. The molecular formula is C20H20FN3O2S. The fraction of sp³-hybridized carbons (Fsp3) is 0.250. The molecule has 0 aliphatic carbocycles. The highest BCUT2D eigenvalue weighted by molar-refractivity contribution is 7.18. The lowest BCUT2D eigenvalue weighted by atomic mass is 9.98. The third-order valence-corrected chi connectivity index (χ3v) is 5.34. The Bertz CT molecular complexity index is 907. The number of fused-ring (bicyclic) bond motifs is 1. The van der Waals surface area contributed by atoms with Crippen molar-refractivity contribution in [2.75, 3.05) is 6.54 Å². The molecule has 1 heterocycles. The predicted octanol–water partition coefficient (Wildman–Crippen LogP) is 2.83. The summed E-state index contributed by atoms with van der Waals surface area (Å²) in [5.74, 6) is -1.52. The van der Waals surface area contributed by atoms with Crippen LogP contribution in [0.1, 0.15) is 17.0 Å². The Morgan fingerprint density at radius 1 is 1.15 bits per heavy atom. The van der Waals surface area contributed by atoms with Crippen LogP contribution in [-0.4, -0.2) is 23.3 Å². The van der Waals surface area contributed by atoms with Crippen LogP contribution < -0.4 is 11.1 Å². The van der Waals surface area contributed by atoms with Crippen molar-refractivity contribution in [3.05, 3.63) is 64.9 Å². The zero-order valence-electron chi connectivity index (χ0n) is 14.7. The van der Waals surface area contributed by atoms with E-state index in [0.29, 0.717) is 19.3 Å². The Kier molecular flexibility index (Phi) is 6.13. The van der Waals surface area contributed by atoms with Gasteiger partial charge < -0.3 is 11.1 Å². The molecule has 0 bridgehead atoms. The zero-order valence-corrected chi connectivity index (χ0v) is 15.5. The molecule has 1 aromatic heterocycles. The van der Waals surface area contributed by atoms with Crippen molar-refractivity contribution in [1.29, 1.82) is 0 Å². The quantitative estimate of drug-likeness (QED) is 0.625. The van der Waals surface area contributed by atoms with Crippen molar-refractivity contribution in [2.45, 2.75) is 19.3 Å². The van der Waals surface area contributed by atoms with Crippen LogP contribution in [0.3, 0.4) is 0 Å². The maximum atomic E-state index is 13.0. The van der Waals surface area contributed by atoms with E-state index in [0.717, 1.165) is 20.8 Å². The highest BCUT2D eigenvalue weighted by Crippen LogP contribution is 2.22. The molecule has 140 valence electrons. The molecule has 0 aliphatic rings. The van der Waals surface area contributed by atoms with Crippen LogP contribution in [-0.2, 0) is 22.4 Å². The lowest BCUT2D eigenvalue weighted by Crippen LogP contribution is -2.37. The number of primary amides is 1. The number of aryl methyl sites for hydroxylation is 1. The molecule has 27 heavy (non-hydrogen) atoms. The summed E-state index contributed by atoms with van der Waals surface area (Å²) < 4.78 is 14.1. The summed E-state index contributed by atoms with van der Waals surface area (Å²) in [5, 5.41) is 3.67. The van der Waals surface area contributed by atoms with E-state index < -0.39 is 11.8 Å². The highest BCUT2D eigenvalue weighted by Gasteiger charge is 2.17. The van der Waals surface area contributed by atoms with Gasteiger partial charge in [-0.2, -0.15) is 0 Å². The van der Waals surface area contributed by atoms with Crippen LogP contribution in [0.2, 0.25) is 0 Å². The normalized spacial score (nSPS) is 12.0. The minimum atomic E-state index is -0.540. The van der Waals surface area contributed by atoms with E-state index in [-0.39, 0.29) is 18.3 Å². The average Bonchev–Trinajstić information content (AvgIpc) is 3.07. The number of hydrogen-bond acceptors (Lipinski definition) is 4. The first-order chi connectivity index (χ1) is 13.0. The largest absolute Gasteiger partial charge is 0.369 e. The lowest BCUT2D eigenvalue weighted by molar-refractivity contribution is -0.123. The minimum Gasteiger partial charge on any atom is -0.369 e. The number of halogens is 1. The molecular weight excluding hydrogens is 365 g/mol. The molecule has 0 aliphatic heterocycles. The Balaban J connectivity index is 1.49. The second-order valence-corrected chi connectivity index (χ2v) is 7.42. The number of carbonyl (C=O) groups excluding carboxylic acids is 2. The van der Waals surface area contributed by atoms with E-state index in [1.54, 1.807) is 23.5 Å². The third-order valence-electron chi connectivity index (χ3n) is 4.25. The molecule has 0 saturated carbocycles. The number of rotatable bonds is 8. The Morgan fingerprint density at radius 3 is 2.59 bits per heavy atom. The molecule has 1 atom stereocenters. The number of nitrogens with one attached hydrogen (secondary N) is 1. The second-order valence-electron chi connectivity index (χ2n) is 6.31. The lowest BCUT2D eigenvalue weighted by Gasteiger charge is -2.14. The van der Waals surface area contributed by atoms with E-state index in [1.807, 2.05) is 24.3 Å². The van der Waals surface area contributed by atoms with Crippen LogP contribution in [0.25, 0.3) is 10.2 Å². The van der Waals surface area contributed by atoms with E-state index in [9.17, 15) is 14.0 Å². The summed E-state index contributed by atoms with van der Waals surface area (Å²) in [6, 6.07) is 13.7. The van der Waals surface area contributed by atoms with Crippen LogP contribution in [0.15, 0.2) is 48.5 Å². The van der Waals surface area contributed by atoms with Crippen LogP contribution in [0, 0.1) is 11.7 Å². The van der Waals surface area contributed by atoms with Gasteiger partial charge in [0, 0.05) is 19.4 Å². The number of nitrogens with zero attached hydrogens (tertiary/aromatic N) is 1. The topological polar surface area (TPSA) is 85.1 Å². The Labute approximate surface area is 160 Å². The van der Waals surface area contributed by atoms with Crippen molar-refractivity contribution >= 4 is 33.4 Å². The van der Waals surface area contributed by atoms with Gasteiger partial charge in [-0.15, -0.1) is 11.3 Å². The zero-order chi connectivity index (χ0) is 19.2. The van der Waals surface area contributed by atoms with Crippen LogP contribution in [0.5, 0.6) is 0 Å². The maximum absolute atomic E-state index is 13.0. The summed E-state index contributed by atoms with van der Waals surface area (Å²) in [7, 11) is 0. The van der Waals surface area contributed by atoms with E-state index in [4.69, 9.17) is 5.73 Å². The number of benzene rings is 2. The SMILES string of the molecule is NC(=O)C(CNC(=O)CCc1nc2ccccc2s1)Cc1ccc(F)cc1. The fourth-order valence-corrected chi connectivity index (χ4v) is 3.72. The smallest absolute Gasteiger partial charge is 0.222 e. The van der Waals surface area contributed by atoms with Crippen molar-refractivity contribution in [1.82, 2.24) is 10.3 Å². The molecule has 0 saturated heterocycles. The first-order valence-electron chi connectivity index (χ1n) is 8.66. The Morgan fingerprint density at radius 2 is 1.89 bits per heavy atom. The number of aromatic nitrogens is 1. The number of thiazole rings is 1. The van der Waals surface area contributed by atoms with Gasteiger partial charge in [-0.25, -0.2) is 9.37 Å². The molecule has 7 heteroatoms. The summed E-state index contributed by atoms with van der Waals surface area (Å²) in [5.41, 5.74) is 7.17. The molecule has 0 fully saturated rings. The monoisotopic (exact) mass is 385 g/mol. The van der Waals surface area contributed by atoms with Crippen molar-refractivity contribution < 1.29 is 14.0 Å². The predicted molar refractivity (Wildman–Crippen MR) is 104 cm³/mol. The second kappa shape index (κ2) is 8.73. The molecule has 1 unspecified atom stereocenters. The van der Waals surface area contributed by atoms with Gasteiger partial charge in [0.2, 0.25) is 11.8 Å². The Hall–Kier alpha value is -2.80. The number of nitrogens with two attached hydrogens (primary N) is 1. The summed E-state index contributed by atoms with van der Waals surface area (Å²) in [4.78, 5) is 28.3. The first-order valence-corrected chi connectivity index (χ1v) is 9.48. The van der Waals surface area contributed by atoms with Gasteiger partial charge in [-0.3, -0.25) is 9.59 Å². The number of para-hydroxylation sites is 1. The molecule has 0 radical (unpaired) electrons. The van der Waals surface area contributed by atoms with E-state index in [1.165, 1.54) is 12.1 Å². The standard InChI is InChI=1S/C20H20FN3O2S/c21-15-7-5-13(6-8-15)11-14(20(22)26)12-23-18(25)9-10-19-24-16-3-1-2-4-17(16)27-19/h1-8,14H,9-12H2,(H2,22,26)(H,23,25). The molecule has 3 rings (SSSR count). The summed E-state index contributed by atoms with van der Waals surface area (Å²) in [6.45, 7) is 0.158. The molecule has 2 amide bonds. The van der Waals surface area contributed by atoms with Gasteiger partial charge in [-0.05, 0) is 36.2 Å². The molecule has 3 N–H and O–H groups in total. The fourth-order valence-electron chi connectivity index (χ4n) is 2.75.